The van der Waals surface area contributed by atoms with Crippen LogP contribution in [0.3, 0.4) is 0 Å². The Kier molecular flexibility index (Phi) is 7.74. The number of piperidine rings is 1. The number of fused-ring (bicyclic) bond motifs is 1. The van der Waals surface area contributed by atoms with Crippen LogP contribution in [-0.4, -0.2) is 77.1 Å². The molecular formula is C26H33Cl2N7O2. The maximum Gasteiger partial charge on any atom is 0.406 e. The third-order valence-corrected chi connectivity index (χ3v) is 8.23. The van der Waals surface area contributed by atoms with E-state index in [-0.39, 0.29) is 12.1 Å². The third kappa shape index (κ3) is 5.49. The zero-order valence-electron chi connectivity index (χ0n) is 21.5. The van der Waals surface area contributed by atoms with Crippen molar-refractivity contribution in [1.29, 1.82) is 0 Å². The zero-order valence-corrected chi connectivity index (χ0v) is 23.0. The predicted octanol–water partition coefficient (Wildman–Crippen LogP) is 4.56. The first-order valence-electron chi connectivity index (χ1n) is 12.8. The van der Waals surface area contributed by atoms with Crippen LogP contribution < -0.4 is 10.2 Å². The highest BCUT2D eigenvalue weighted by molar-refractivity contribution is 6.35. The number of carbonyl (C=O) groups excluding carboxylic acids is 1. The first-order chi connectivity index (χ1) is 17.8. The Bertz CT molecular complexity index is 1280. The number of aromatic nitrogens is 4. The number of methoxy groups -OCH3 is 1. The first-order valence-corrected chi connectivity index (χ1v) is 13.6. The van der Waals surface area contributed by atoms with E-state index in [2.05, 4.69) is 26.8 Å². The van der Waals surface area contributed by atoms with Crippen molar-refractivity contribution >= 4 is 46.3 Å². The molecule has 1 N–H and O–H groups in total. The van der Waals surface area contributed by atoms with E-state index in [1.54, 1.807) is 6.07 Å². The largest absolute Gasteiger partial charge is 0.453 e. The quantitative estimate of drug-likeness (QED) is 0.465. The summed E-state index contributed by atoms with van der Waals surface area (Å²) in [6, 6.07) is 5.43. The van der Waals surface area contributed by atoms with E-state index in [1.807, 2.05) is 29.9 Å². The highest BCUT2D eigenvalue weighted by Gasteiger charge is 2.36. The minimum Gasteiger partial charge on any atom is -0.453 e. The van der Waals surface area contributed by atoms with Crippen LogP contribution in [-0.2, 0) is 4.74 Å². The molecular weight excluding hydrogens is 513 g/mol. The van der Waals surface area contributed by atoms with E-state index in [9.17, 15) is 4.79 Å². The van der Waals surface area contributed by atoms with Crippen LogP contribution in [0.2, 0.25) is 10.0 Å². The Balaban J connectivity index is 1.25. The Morgan fingerprint density at radius 2 is 2.05 bits per heavy atom. The van der Waals surface area contributed by atoms with Crippen molar-refractivity contribution in [3.05, 3.63) is 45.7 Å². The lowest BCUT2D eigenvalue weighted by Gasteiger charge is -2.47. The summed E-state index contributed by atoms with van der Waals surface area (Å²) in [7, 11) is 1.39. The van der Waals surface area contributed by atoms with Gasteiger partial charge in [-0.2, -0.15) is 5.10 Å². The summed E-state index contributed by atoms with van der Waals surface area (Å²) in [4.78, 5) is 25.8. The molecule has 4 heterocycles. The molecule has 2 atom stereocenters. The van der Waals surface area contributed by atoms with Crippen LogP contribution in [0.15, 0.2) is 24.4 Å². The van der Waals surface area contributed by atoms with Gasteiger partial charge in [0.2, 0.25) is 0 Å². The Morgan fingerprint density at radius 3 is 2.81 bits per heavy atom. The number of benzene rings is 1. The molecule has 0 radical (unpaired) electrons. The molecule has 2 aliphatic heterocycles. The van der Waals surface area contributed by atoms with E-state index in [0.717, 1.165) is 61.0 Å². The molecule has 2 aliphatic rings. The number of carbonyl (C=O) groups is 1. The second-order valence-corrected chi connectivity index (χ2v) is 10.9. The van der Waals surface area contributed by atoms with Gasteiger partial charge in [0.05, 0.1) is 25.0 Å². The number of likely N-dealkylation sites (tertiary alicyclic amines) is 1. The maximum absolute atomic E-state index is 11.3. The van der Waals surface area contributed by atoms with Crippen molar-refractivity contribution in [1.82, 2.24) is 30.0 Å². The van der Waals surface area contributed by atoms with Gasteiger partial charge in [0.15, 0.2) is 5.65 Å². The Hall–Kier alpha value is -2.62. The average Bonchev–Trinajstić information content (AvgIpc) is 3.19. The van der Waals surface area contributed by atoms with Gasteiger partial charge in [0.25, 0.3) is 0 Å². The van der Waals surface area contributed by atoms with Gasteiger partial charge >= 0.3 is 6.09 Å². The van der Waals surface area contributed by atoms with E-state index < -0.39 is 0 Å². The van der Waals surface area contributed by atoms with Gasteiger partial charge in [0, 0.05) is 42.8 Å². The number of hydrogen-bond acceptors (Lipinski definition) is 7. The molecule has 5 rings (SSSR count). The van der Waals surface area contributed by atoms with Crippen molar-refractivity contribution in [3.8, 4) is 0 Å². The molecule has 0 spiro atoms. The summed E-state index contributed by atoms with van der Waals surface area (Å²) in [5, 5.41) is 8.75. The van der Waals surface area contributed by atoms with Crippen LogP contribution in [0.4, 0.5) is 10.6 Å². The summed E-state index contributed by atoms with van der Waals surface area (Å²) in [5.41, 5.74) is 3.35. The lowest BCUT2D eigenvalue weighted by Crippen LogP contribution is -2.54. The van der Waals surface area contributed by atoms with Crippen LogP contribution in [0.25, 0.3) is 11.2 Å². The van der Waals surface area contributed by atoms with Crippen LogP contribution in [0, 0.1) is 18.8 Å². The average molecular weight is 547 g/mol. The van der Waals surface area contributed by atoms with Gasteiger partial charge < -0.3 is 19.9 Å². The zero-order chi connectivity index (χ0) is 26.1. The number of hydrogen-bond donors (Lipinski definition) is 1. The first kappa shape index (κ1) is 26.0. The fourth-order valence-corrected chi connectivity index (χ4v) is 6.07. The highest BCUT2D eigenvalue weighted by atomic mass is 35.5. The fourth-order valence-electron chi connectivity index (χ4n) is 5.50. The number of amides is 1. The van der Waals surface area contributed by atoms with Gasteiger partial charge in [-0.05, 0) is 62.8 Å². The smallest absolute Gasteiger partial charge is 0.406 e. The predicted molar refractivity (Wildman–Crippen MR) is 146 cm³/mol. The molecule has 9 nitrogen and oxygen atoms in total. The van der Waals surface area contributed by atoms with Crippen LogP contribution in [0.1, 0.15) is 37.1 Å². The van der Waals surface area contributed by atoms with Gasteiger partial charge in [-0.3, -0.25) is 0 Å². The molecule has 0 aliphatic carbocycles. The number of nitrogens with zero attached hydrogens (tertiary/aromatic N) is 6. The van der Waals surface area contributed by atoms with Crippen molar-refractivity contribution in [3.63, 3.8) is 0 Å². The summed E-state index contributed by atoms with van der Waals surface area (Å²) in [5.74, 6) is 2.17. The van der Waals surface area contributed by atoms with Crippen molar-refractivity contribution < 1.29 is 9.53 Å². The molecule has 37 heavy (non-hydrogen) atoms. The summed E-state index contributed by atoms with van der Waals surface area (Å²) >= 11 is 12.6. The minimum absolute atomic E-state index is 0.114. The van der Waals surface area contributed by atoms with Crippen molar-refractivity contribution in [2.75, 3.05) is 51.3 Å². The number of alkyl carbamates (subject to hydrolysis) is 1. The van der Waals surface area contributed by atoms with E-state index >= 15 is 0 Å². The second kappa shape index (κ2) is 11.0. The highest BCUT2D eigenvalue weighted by Crippen LogP contribution is 2.35. The maximum atomic E-state index is 11.3. The molecule has 0 bridgehead atoms. The lowest BCUT2D eigenvalue weighted by molar-refractivity contribution is 0.118. The SMILES string of the molecule is COC(=O)NCCN1CCC[C@H](C2CN(c3cnc4c(C)nn([C@H](C)c5ccc(Cl)cc5Cl)c4n3)C2)C1. The number of aryl methyl sites for hydroxylation is 1. The van der Waals surface area contributed by atoms with Gasteiger partial charge in [-0.15, -0.1) is 0 Å². The molecule has 2 aromatic heterocycles. The molecule has 1 amide bonds. The number of halogens is 2. The minimum atomic E-state index is -0.372. The van der Waals surface area contributed by atoms with E-state index in [4.69, 9.17) is 38.3 Å². The van der Waals surface area contributed by atoms with Gasteiger partial charge in [0.1, 0.15) is 11.3 Å². The van der Waals surface area contributed by atoms with E-state index in [0.29, 0.717) is 28.4 Å². The van der Waals surface area contributed by atoms with Crippen LogP contribution in [0.5, 0.6) is 0 Å². The molecule has 0 unspecified atom stereocenters. The fraction of sp³-hybridized carbons (Fsp3) is 0.538. The molecule has 11 heteroatoms. The lowest BCUT2D eigenvalue weighted by atomic mass is 9.80. The summed E-state index contributed by atoms with van der Waals surface area (Å²) < 4.78 is 6.57. The normalized spacial score (nSPS) is 19.6. The molecule has 198 valence electrons. The standard InChI is InChI=1S/C26H33Cl2N7O2/c1-16-24-25(35(32-16)17(2)21-7-6-20(27)11-22(21)28)31-23(12-30-24)34-14-19(15-34)18-5-4-9-33(13-18)10-8-29-26(36)37-3/h6-7,11-12,17-19H,4-5,8-10,13-15H2,1-3H3,(H,29,36)/t17-,18+/m1/s1. The number of rotatable bonds is 7. The number of anilines is 1. The Morgan fingerprint density at radius 1 is 1.24 bits per heavy atom. The molecule has 3 aromatic rings. The van der Waals surface area contributed by atoms with Gasteiger partial charge in [-0.25, -0.2) is 19.4 Å². The van der Waals surface area contributed by atoms with Crippen LogP contribution >= 0.6 is 23.2 Å². The monoisotopic (exact) mass is 545 g/mol. The topological polar surface area (TPSA) is 88.4 Å². The number of ether oxygens (including phenoxy) is 1. The van der Waals surface area contributed by atoms with Crippen molar-refractivity contribution in [2.24, 2.45) is 11.8 Å². The second-order valence-electron chi connectivity index (χ2n) is 10.1. The van der Waals surface area contributed by atoms with Gasteiger partial charge in [-0.1, -0.05) is 29.3 Å². The number of nitrogens with one attached hydrogen (secondary N) is 1. The molecule has 2 fully saturated rings. The Labute approximate surface area is 227 Å². The van der Waals surface area contributed by atoms with Crippen molar-refractivity contribution in [2.45, 2.75) is 32.7 Å². The third-order valence-electron chi connectivity index (χ3n) is 7.66. The molecule has 1 aromatic carbocycles. The summed E-state index contributed by atoms with van der Waals surface area (Å²) in [6.45, 7) is 9.58. The molecule has 2 saturated heterocycles. The summed E-state index contributed by atoms with van der Waals surface area (Å²) in [6.07, 6.45) is 3.93. The molecule has 0 saturated carbocycles. The van der Waals surface area contributed by atoms with E-state index in [1.165, 1.54) is 20.0 Å².